The van der Waals surface area contributed by atoms with Gasteiger partial charge in [-0.1, -0.05) is 11.6 Å². The van der Waals surface area contributed by atoms with E-state index in [-0.39, 0.29) is 0 Å². The summed E-state index contributed by atoms with van der Waals surface area (Å²) in [7, 11) is 1.88. The molecule has 0 atom stereocenters. The summed E-state index contributed by atoms with van der Waals surface area (Å²) >= 11 is 9.28. The number of aromatic nitrogens is 2. The lowest BCUT2D eigenvalue weighted by molar-refractivity contribution is 0.500. The third kappa shape index (κ3) is 3.06. The van der Waals surface area contributed by atoms with Crippen LogP contribution in [0.4, 0.5) is 0 Å². The van der Waals surface area contributed by atoms with Gasteiger partial charge in [-0.15, -0.1) is 10.2 Å². The van der Waals surface area contributed by atoms with Gasteiger partial charge in [-0.05, 0) is 41.2 Å². The summed E-state index contributed by atoms with van der Waals surface area (Å²) in [5, 5.41) is 11.7. The first-order valence-corrected chi connectivity index (χ1v) is 6.30. The molecule has 0 fully saturated rings. The minimum Gasteiger partial charge on any atom is -0.421 e. The Bertz CT molecular complexity index is 515. The van der Waals surface area contributed by atoms with Crippen LogP contribution in [-0.2, 0) is 6.42 Å². The van der Waals surface area contributed by atoms with E-state index in [1.807, 2.05) is 19.2 Å². The largest absolute Gasteiger partial charge is 0.421 e. The molecule has 0 spiro atoms. The molecule has 2 rings (SSSR count). The predicted octanol–water partition coefficient (Wildman–Crippen LogP) is 2.91. The smallest absolute Gasteiger partial charge is 0.247 e. The van der Waals surface area contributed by atoms with Crippen molar-refractivity contribution in [2.24, 2.45) is 0 Å². The van der Waals surface area contributed by atoms with Gasteiger partial charge in [0.1, 0.15) is 0 Å². The number of benzene rings is 1. The molecule has 0 amide bonds. The van der Waals surface area contributed by atoms with E-state index in [1.54, 1.807) is 6.07 Å². The first kappa shape index (κ1) is 12.5. The summed E-state index contributed by atoms with van der Waals surface area (Å²) < 4.78 is 6.35. The normalized spacial score (nSPS) is 10.8. The zero-order valence-corrected chi connectivity index (χ0v) is 11.5. The third-order valence-electron chi connectivity index (χ3n) is 2.22. The van der Waals surface area contributed by atoms with E-state index in [2.05, 4.69) is 31.4 Å². The van der Waals surface area contributed by atoms with Crippen LogP contribution in [-0.4, -0.2) is 23.8 Å². The summed E-state index contributed by atoms with van der Waals surface area (Å²) in [6.07, 6.45) is 0.720. The van der Waals surface area contributed by atoms with Crippen molar-refractivity contribution in [1.82, 2.24) is 15.5 Å². The predicted molar refractivity (Wildman–Crippen MR) is 70.1 cm³/mol. The van der Waals surface area contributed by atoms with Crippen molar-refractivity contribution in [2.75, 3.05) is 13.6 Å². The summed E-state index contributed by atoms with van der Waals surface area (Å²) in [5.41, 5.74) is 0.851. The van der Waals surface area contributed by atoms with Gasteiger partial charge in [0.05, 0.1) is 5.02 Å². The van der Waals surface area contributed by atoms with Crippen LogP contribution in [0.5, 0.6) is 0 Å². The molecule has 0 saturated heterocycles. The molecular weight excluding hydrogens is 305 g/mol. The molecule has 1 aromatic heterocycles. The molecule has 6 heteroatoms. The zero-order valence-electron chi connectivity index (χ0n) is 9.20. The van der Waals surface area contributed by atoms with Crippen molar-refractivity contribution in [1.29, 1.82) is 0 Å². The van der Waals surface area contributed by atoms with Crippen molar-refractivity contribution in [3.05, 3.63) is 33.6 Å². The Morgan fingerprint density at radius 3 is 2.94 bits per heavy atom. The quantitative estimate of drug-likeness (QED) is 0.942. The molecule has 0 bridgehead atoms. The van der Waals surface area contributed by atoms with Gasteiger partial charge in [0.2, 0.25) is 11.8 Å². The summed E-state index contributed by atoms with van der Waals surface area (Å²) in [5.74, 6) is 1.13. The van der Waals surface area contributed by atoms with E-state index < -0.39 is 0 Å². The standard InChI is InChI=1S/C11H11BrClN3O/c1-14-5-4-10-15-16-11(17-10)7-2-3-9(13)8(12)6-7/h2-3,6,14H,4-5H2,1H3. The van der Waals surface area contributed by atoms with Gasteiger partial charge in [0.25, 0.3) is 0 Å². The molecule has 1 aromatic carbocycles. The fourth-order valence-electron chi connectivity index (χ4n) is 1.33. The average Bonchev–Trinajstić information content (AvgIpc) is 2.79. The van der Waals surface area contributed by atoms with Crippen LogP contribution < -0.4 is 5.32 Å². The number of rotatable bonds is 4. The minimum absolute atomic E-state index is 0.508. The van der Waals surface area contributed by atoms with E-state index in [0.29, 0.717) is 16.8 Å². The molecule has 2 aromatic rings. The first-order valence-electron chi connectivity index (χ1n) is 5.13. The van der Waals surface area contributed by atoms with Crippen molar-refractivity contribution < 1.29 is 4.42 Å². The van der Waals surface area contributed by atoms with Gasteiger partial charge in [0.15, 0.2) is 0 Å². The van der Waals surface area contributed by atoms with Crippen LogP contribution in [0, 0.1) is 0 Å². The van der Waals surface area contributed by atoms with Crippen LogP contribution in [0.25, 0.3) is 11.5 Å². The highest BCUT2D eigenvalue weighted by atomic mass is 79.9. The maximum atomic E-state index is 5.92. The van der Waals surface area contributed by atoms with Crippen molar-refractivity contribution in [2.45, 2.75) is 6.42 Å². The molecule has 4 nitrogen and oxygen atoms in total. The lowest BCUT2D eigenvalue weighted by Crippen LogP contribution is -2.10. The maximum absolute atomic E-state index is 5.92. The first-order chi connectivity index (χ1) is 8.20. The number of hydrogen-bond acceptors (Lipinski definition) is 4. The molecule has 90 valence electrons. The van der Waals surface area contributed by atoms with Crippen LogP contribution in [0.3, 0.4) is 0 Å². The molecule has 0 aliphatic rings. The highest BCUT2D eigenvalue weighted by molar-refractivity contribution is 9.10. The Balaban J connectivity index is 2.21. The summed E-state index contributed by atoms with van der Waals surface area (Å²) in [6.45, 7) is 0.811. The van der Waals surface area contributed by atoms with Crippen molar-refractivity contribution in [3.63, 3.8) is 0 Å². The number of nitrogens with one attached hydrogen (secondary N) is 1. The Hall–Kier alpha value is -0.910. The minimum atomic E-state index is 0.508. The number of halogens is 2. The molecule has 17 heavy (non-hydrogen) atoms. The SMILES string of the molecule is CNCCc1nnc(-c2ccc(Cl)c(Br)c2)o1. The number of hydrogen-bond donors (Lipinski definition) is 1. The lowest BCUT2D eigenvalue weighted by Gasteiger charge is -1.98. The van der Waals surface area contributed by atoms with Gasteiger partial charge >= 0.3 is 0 Å². The van der Waals surface area contributed by atoms with E-state index in [0.717, 1.165) is 23.0 Å². The Morgan fingerprint density at radius 1 is 1.41 bits per heavy atom. The van der Waals surface area contributed by atoms with E-state index in [9.17, 15) is 0 Å². The Labute approximate surface area is 113 Å². The third-order valence-corrected chi connectivity index (χ3v) is 3.44. The second kappa shape index (κ2) is 5.62. The van der Waals surface area contributed by atoms with Gasteiger partial charge < -0.3 is 9.73 Å². The highest BCUT2D eigenvalue weighted by Crippen LogP contribution is 2.28. The van der Waals surface area contributed by atoms with E-state index >= 15 is 0 Å². The second-order valence-electron chi connectivity index (χ2n) is 3.48. The lowest BCUT2D eigenvalue weighted by atomic mass is 10.2. The molecule has 0 saturated carbocycles. The van der Waals surface area contributed by atoms with Gasteiger partial charge in [0, 0.05) is 23.0 Å². The Morgan fingerprint density at radius 2 is 2.24 bits per heavy atom. The van der Waals surface area contributed by atoms with Crippen LogP contribution in [0.2, 0.25) is 5.02 Å². The van der Waals surface area contributed by atoms with E-state index in [4.69, 9.17) is 16.0 Å². The fourth-order valence-corrected chi connectivity index (χ4v) is 1.83. The molecule has 1 N–H and O–H groups in total. The molecular formula is C11H11BrClN3O. The van der Waals surface area contributed by atoms with E-state index in [1.165, 1.54) is 0 Å². The summed E-state index contributed by atoms with van der Waals surface area (Å²) in [6, 6.07) is 5.50. The monoisotopic (exact) mass is 315 g/mol. The average molecular weight is 317 g/mol. The van der Waals surface area contributed by atoms with Crippen LogP contribution in [0.15, 0.2) is 27.1 Å². The van der Waals surface area contributed by atoms with Gasteiger partial charge in [-0.3, -0.25) is 0 Å². The van der Waals surface area contributed by atoms with Crippen molar-refractivity contribution >= 4 is 27.5 Å². The maximum Gasteiger partial charge on any atom is 0.247 e. The second-order valence-corrected chi connectivity index (χ2v) is 4.74. The number of likely N-dealkylation sites (N-methyl/N-ethyl adjacent to an activating group) is 1. The van der Waals surface area contributed by atoms with Crippen molar-refractivity contribution in [3.8, 4) is 11.5 Å². The summed E-state index contributed by atoms with van der Waals surface area (Å²) in [4.78, 5) is 0. The molecule has 1 heterocycles. The van der Waals surface area contributed by atoms with Gasteiger partial charge in [-0.2, -0.15) is 0 Å². The number of nitrogens with zero attached hydrogens (tertiary/aromatic N) is 2. The fraction of sp³-hybridized carbons (Fsp3) is 0.273. The molecule has 0 unspecified atom stereocenters. The van der Waals surface area contributed by atoms with Crippen LogP contribution in [0.1, 0.15) is 5.89 Å². The highest BCUT2D eigenvalue weighted by Gasteiger charge is 2.09. The Kier molecular flexibility index (Phi) is 4.15. The van der Waals surface area contributed by atoms with Gasteiger partial charge in [-0.25, -0.2) is 0 Å². The molecule has 0 radical (unpaired) electrons. The zero-order chi connectivity index (χ0) is 12.3. The molecule has 0 aliphatic carbocycles. The van der Waals surface area contributed by atoms with Crippen LogP contribution >= 0.6 is 27.5 Å². The molecule has 0 aliphatic heterocycles. The topological polar surface area (TPSA) is 51.0 Å².